The van der Waals surface area contributed by atoms with E-state index in [1.807, 2.05) is 70.2 Å². The molecule has 36 heavy (non-hydrogen) atoms. The average molecular weight is 480 g/mol. The van der Waals surface area contributed by atoms with Crippen molar-refractivity contribution in [3.63, 3.8) is 0 Å². The molecule has 8 nitrogen and oxygen atoms in total. The molecule has 8 heteroatoms. The van der Waals surface area contributed by atoms with Crippen LogP contribution < -0.4 is 10.7 Å². The molecule has 5 aromatic rings. The van der Waals surface area contributed by atoms with Gasteiger partial charge < -0.3 is 14.4 Å². The number of carbonyl (C=O) groups is 1. The second-order valence-electron chi connectivity index (χ2n) is 8.96. The highest BCUT2D eigenvalue weighted by Gasteiger charge is 2.19. The zero-order chi connectivity index (χ0) is 25.4. The standard InChI is InChI=1S/C28H25N5O3/c1-16-6-5-7-20(12-16)26-31-28(36-32-26)23-14-33(27-22(25(23)35)11-9-19(4)29-27)15-24(34)30-21-10-8-17(2)18(3)13-21/h5-14H,15H2,1-4H3,(H,30,34). The molecule has 2 aromatic carbocycles. The van der Waals surface area contributed by atoms with Gasteiger partial charge in [-0.05, 0) is 69.2 Å². The first-order valence-corrected chi connectivity index (χ1v) is 11.6. The summed E-state index contributed by atoms with van der Waals surface area (Å²) in [6, 6.07) is 16.9. The number of carbonyl (C=O) groups excluding carboxylic acids is 1. The van der Waals surface area contributed by atoms with Crippen molar-refractivity contribution >= 4 is 22.6 Å². The van der Waals surface area contributed by atoms with Gasteiger partial charge in [0, 0.05) is 23.1 Å². The van der Waals surface area contributed by atoms with Gasteiger partial charge in [0.2, 0.25) is 17.2 Å². The van der Waals surface area contributed by atoms with E-state index >= 15 is 0 Å². The van der Waals surface area contributed by atoms with Crippen LogP contribution in [0.5, 0.6) is 0 Å². The van der Waals surface area contributed by atoms with Crippen molar-refractivity contribution in [2.24, 2.45) is 0 Å². The van der Waals surface area contributed by atoms with Crippen LogP contribution in [0.15, 0.2) is 70.1 Å². The zero-order valence-electron chi connectivity index (χ0n) is 20.5. The molecule has 0 atom stereocenters. The second kappa shape index (κ2) is 9.22. The molecule has 0 bridgehead atoms. The first-order chi connectivity index (χ1) is 17.3. The van der Waals surface area contributed by atoms with Gasteiger partial charge in [0.1, 0.15) is 17.8 Å². The van der Waals surface area contributed by atoms with Crippen LogP contribution in [0.3, 0.4) is 0 Å². The lowest BCUT2D eigenvalue weighted by atomic mass is 10.1. The van der Waals surface area contributed by atoms with E-state index in [0.717, 1.165) is 27.9 Å². The monoisotopic (exact) mass is 479 g/mol. The summed E-state index contributed by atoms with van der Waals surface area (Å²) in [4.78, 5) is 35.3. The van der Waals surface area contributed by atoms with Crippen LogP contribution >= 0.6 is 0 Å². The van der Waals surface area contributed by atoms with Gasteiger partial charge in [-0.25, -0.2) is 4.98 Å². The lowest BCUT2D eigenvalue weighted by Gasteiger charge is -2.13. The van der Waals surface area contributed by atoms with E-state index < -0.39 is 0 Å². The minimum absolute atomic E-state index is 0.0496. The van der Waals surface area contributed by atoms with E-state index in [2.05, 4.69) is 20.4 Å². The van der Waals surface area contributed by atoms with Gasteiger partial charge in [-0.2, -0.15) is 4.98 Å². The van der Waals surface area contributed by atoms with Crippen molar-refractivity contribution in [1.29, 1.82) is 0 Å². The van der Waals surface area contributed by atoms with Crippen molar-refractivity contribution in [2.45, 2.75) is 34.2 Å². The zero-order valence-corrected chi connectivity index (χ0v) is 20.5. The highest BCUT2D eigenvalue weighted by atomic mass is 16.5. The Balaban J connectivity index is 1.54. The Labute approximate surface area is 207 Å². The maximum Gasteiger partial charge on any atom is 0.263 e. The van der Waals surface area contributed by atoms with Crippen LogP contribution in [0.2, 0.25) is 0 Å². The van der Waals surface area contributed by atoms with Crippen molar-refractivity contribution in [3.8, 4) is 22.8 Å². The molecule has 0 aliphatic heterocycles. The van der Waals surface area contributed by atoms with Gasteiger partial charge in [-0.3, -0.25) is 9.59 Å². The van der Waals surface area contributed by atoms with Crippen molar-refractivity contribution < 1.29 is 9.32 Å². The summed E-state index contributed by atoms with van der Waals surface area (Å²) in [6.07, 6.45) is 1.56. The molecule has 3 heterocycles. The number of fused-ring (bicyclic) bond motifs is 1. The molecule has 0 aliphatic carbocycles. The summed E-state index contributed by atoms with van der Waals surface area (Å²) in [5, 5.41) is 7.37. The Kier molecular flexibility index (Phi) is 5.93. The maximum absolute atomic E-state index is 13.4. The fourth-order valence-electron chi connectivity index (χ4n) is 4.04. The molecule has 0 fully saturated rings. The molecule has 0 radical (unpaired) electrons. The molecular formula is C28H25N5O3. The summed E-state index contributed by atoms with van der Waals surface area (Å²) in [5.74, 6) is 0.222. The summed E-state index contributed by atoms with van der Waals surface area (Å²) < 4.78 is 7.13. The summed E-state index contributed by atoms with van der Waals surface area (Å²) in [5.41, 5.74) is 5.85. The Morgan fingerprint density at radius 1 is 0.972 bits per heavy atom. The minimum Gasteiger partial charge on any atom is -0.333 e. The number of hydrogen-bond donors (Lipinski definition) is 1. The number of rotatable bonds is 5. The van der Waals surface area contributed by atoms with E-state index in [1.165, 1.54) is 0 Å². The molecule has 0 spiro atoms. The number of hydrogen-bond acceptors (Lipinski definition) is 6. The molecule has 0 unspecified atom stereocenters. The largest absolute Gasteiger partial charge is 0.333 e. The highest BCUT2D eigenvalue weighted by Crippen LogP contribution is 2.23. The van der Waals surface area contributed by atoms with Crippen molar-refractivity contribution in [3.05, 3.63) is 93.4 Å². The van der Waals surface area contributed by atoms with Crippen LogP contribution in [-0.2, 0) is 11.3 Å². The number of aromatic nitrogens is 4. The molecule has 5 rings (SSSR count). The number of amides is 1. The summed E-state index contributed by atoms with van der Waals surface area (Å²) in [6.45, 7) is 7.78. The third kappa shape index (κ3) is 4.53. The van der Waals surface area contributed by atoms with E-state index in [-0.39, 0.29) is 29.3 Å². The number of nitrogens with one attached hydrogen (secondary N) is 1. The third-order valence-electron chi connectivity index (χ3n) is 6.10. The second-order valence-corrected chi connectivity index (χ2v) is 8.96. The normalized spacial score (nSPS) is 11.1. The van der Waals surface area contributed by atoms with E-state index in [0.29, 0.717) is 22.5 Å². The fourth-order valence-corrected chi connectivity index (χ4v) is 4.04. The van der Waals surface area contributed by atoms with Gasteiger partial charge in [-0.1, -0.05) is 35.0 Å². The number of benzene rings is 2. The average Bonchev–Trinajstić information content (AvgIpc) is 3.33. The number of aryl methyl sites for hydroxylation is 4. The van der Waals surface area contributed by atoms with Crippen LogP contribution in [0.1, 0.15) is 22.4 Å². The van der Waals surface area contributed by atoms with Crippen LogP contribution in [0, 0.1) is 27.7 Å². The maximum atomic E-state index is 13.4. The predicted octanol–water partition coefficient (Wildman–Crippen LogP) is 4.99. The highest BCUT2D eigenvalue weighted by molar-refractivity contribution is 5.92. The van der Waals surface area contributed by atoms with Crippen molar-refractivity contribution in [1.82, 2.24) is 19.7 Å². The van der Waals surface area contributed by atoms with E-state index in [4.69, 9.17) is 4.52 Å². The number of nitrogens with zero attached hydrogens (tertiary/aromatic N) is 4. The Hall–Kier alpha value is -4.59. The van der Waals surface area contributed by atoms with E-state index in [1.54, 1.807) is 22.9 Å². The van der Waals surface area contributed by atoms with E-state index in [9.17, 15) is 9.59 Å². The Morgan fingerprint density at radius 3 is 2.58 bits per heavy atom. The number of pyridine rings is 2. The van der Waals surface area contributed by atoms with Gasteiger partial charge in [-0.15, -0.1) is 0 Å². The lowest BCUT2D eigenvalue weighted by molar-refractivity contribution is -0.116. The lowest BCUT2D eigenvalue weighted by Crippen LogP contribution is -2.22. The Bertz CT molecular complexity index is 1680. The van der Waals surface area contributed by atoms with Gasteiger partial charge in [0.15, 0.2) is 0 Å². The van der Waals surface area contributed by atoms with Crippen LogP contribution in [0.25, 0.3) is 33.9 Å². The SMILES string of the molecule is Cc1cccc(-c2noc(-c3cn(CC(=O)Nc4ccc(C)c(C)c4)c4nc(C)ccc4c3=O)n2)c1. The molecule has 3 aromatic heterocycles. The third-order valence-corrected chi connectivity index (χ3v) is 6.10. The first kappa shape index (κ1) is 23.2. The molecule has 0 aliphatic rings. The molecule has 0 saturated carbocycles. The smallest absolute Gasteiger partial charge is 0.263 e. The molecule has 1 amide bonds. The molecule has 0 saturated heterocycles. The van der Waals surface area contributed by atoms with Gasteiger partial charge in [0.25, 0.3) is 5.89 Å². The summed E-state index contributed by atoms with van der Waals surface area (Å²) >= 11 is 0. The number of anilines is 1. The fraction of sp³-hybridized carbons (Fsp3) is 0.179. The minimum atomic E-state index is -0.289. The molecule has 1 N–H and O–H groups in total. The van der Waals surface area contributed by atoms with Gasteiger partial charge >= 0.3 is 0 Å². The topological polar surface area (TPSA) is 103 Å². The first-order valence-electron chi connectivity index (χ1n) is 11.6. The van der Waals surface area contributed by atoms with Crippen molar-refractivity contribution in [2.75, 3.05) is 5.32 Å². The van der Waals surface area contributed by atoms with Crippen LogP contribution in [-0.4, -0.2) is 25.6 Å². The quantitative estimate of drug-likeness (QED) is 0.381. The van der Waals surface area contributed by atoms with Crippen LogP contribution in [0.4, 0.5) is 5.69 Å². The Morgan fingerprint density at radius 2 is 1.81 bits per heavy atom. The summed E-state index contributed by atoms with van der Waals surface area (Å²) in [7, 11) is 0. The van der Waals surface area contributed by atoms with Gasteiger partial charge in [0.05, 0.1) is 5.39 Å². The molecular weight excluding hydrogens is 454 g/mol. The molecule has 180 valence electrons. The predicted molar refractivity (Wildman–Crippen MR) is 139 cm³/mol.